The van der Waals surface area contributed by atoms with E-state index >= 15 is 0 Å². The maximum absolute atomic E-state index is 12.1. The van der Waals surface area contributed by atoms with Gasteiger partial charge in [0.05, 0.1) is 0 Å². The van der Waals surface area contributed by atoms with Gasteiger partial charge in [0.25, 0.3) is 5.91 Å². The predicted molar refractivity (Wildman–Crippen MR) is 97.2 cm³/mol. The molecule has 0 saturated carbocycles. The van der Waals surface area contributed by atoms with E-state index in [2.05, 4.69) is 33.5 Å². The highest BCUT2D eigenvalue weighted by atomic mass is 32.1. The molecule has 0 aliphatic heterocycles. The molecule has 25 heavy (non-hydrogen) atoms. The number of aromatic nitrogens is 3. The number of nitrogens with one attached hydrogen (secondary N) is 1. The Hall–Kier alpha value is -2.98. The molecular weight excluding hydrogens is 336 g/mol. The van der Waals surface area contributed by atoms with Crippen LogP contribution < -0.4 is 5.32 Å². The largest absolute Gasteiger partial charge is 0.355 e. The van der Waals surface area contributed by atoms with Crippen molar-refractivity contribution < 1.29 is 9.32 Å². The molecule has 0 aliphatic rings. The first-order valence-corrected chi connectivity index (χ1v) is 8.53. The molecule has 2 heterocycles. The Labute approximate surface area is 150 Å². The molecule has 0 atom stereocenters. The van der Waals surface area contributed by atoms with Crippen LogP contribution in [0.2, 0.25) is 0 Å². The number of benzene rings is 1. The number of amides is 1. The normalized spacial score (nSPS) is 9.88. The minimum absolute atomic E-state index is 0.254. The maximum atomic E-state index is 12.1. The van der Waals surface area contributed by atoms with Crippen molar-refractivity contribution in [1.82, 2.24) is 20.7 Å². The number of nitrogens with zero attached hydrogens (tertiary/aromatic N) is 3. The summed E-state index contributed by atoms with van der Waals surface area (Å²) in [5.41, 5.74) is 1.16. The SMILES string of the molecule is C#C.CCc1nnc(CCNC(=O)c2cc(-c3ccccc3)on2)s1. The molecule has 0 unspecified atom stereocenters. The average Bonchev–Trinajstić information content (AvgIpc) is 3.34. The summed E-state index contributed by atoms with van der Waals surface area (Å²) in [6.45, 7) is 2.53. The minimum atomic E-state index is -0.254. The van der Waals surface area contributed by atoms with Gasteiger partial charge in [-0.15, -0.1) is 34.4 Å². The van der Waals surface area contributed by atoms with Crippen LogP contribution in [0.5, 0.6) is 0 Å². The maximum Gasteiger partial charge on any atom is 0.273 e. The van der Waals surface area contributed by atoms with Crippen LogP contribution >= 0.6 is 11.3 Å². The van der Waals surface area contributed by atoms with Crippen molar-refractivity contribution >= 4 is 17.2 Å². The zero-order chi connectivity index (χ0) is 18.1. The molecule has 128 valence electrons. The lowest BCUT2D eigenvalue weighted by atomic mass is 10.1. The van der Waals surface area contributed by atoms with Gasteiger partial charge in [0.15, 0.2) is 11.5 Å². The second-order valence-electron chi connectivity index (χ2n) is 4.89. The number of hydrogen-bond donors (Lipinski definition) is 1. The highest BCUT2D eigenvalue weighted by Gasteiger charge is 2.13. The number of carbonyl (C=O) groups excluding carboxylic acids is 1. The van der Waals surface area contributed by atoms with Crippen molar-refractivity contribution in [2.24, 2.45) is 0 Å². The number of terminal acetylenes is 1. The smallest absolute Gasteiger partial charge is 0.273 e. The van der Waals surface area contributed by atoms with Crippen molar-refractivity contribution in [2.45, 2.75) is 19.8 Å². The molecule has 6 nitrogen and oxygen atoms in total. The first kappa shape index (κ1) is 18.4. The summed E-state index contributed by atoms with van der Waals surface area (Å²) < 4.78 is 5.22. The zero-order valence-corrected chi connectivity index (χ0v) is 14.6. The summed E-state index contributed by atoms with van der Waals surface area (Å²) in [5.74, 6) is 0.323. The quantitative estimate of drug-likeness (QED) is 0.688. The van der Waals surface area contributed by atoms with Crippen LogP contribution in [-0.2, 0) is 12.8 Å². The Morgan fingerprint density at radius 2 is 1.92 bits per heavy atom. The summed E-state index contributed by atoms with van der Waals surface area (Å²) in [7, 11) is 0. The van der Waals surface area contributed by atoms with Crippen molar-refractivity contribution in [3.8, 4) is 24.2 Å². The van der Waals surface area contributed by atoms with E-state index in [9.17, 15) is 4.79 Å². The van der Waals surface area contributed by atoms with Crippen LogP contribution in [0.4, 0.5) is 0 Å². The van der Waals surface area contributed by atoms with E-state index in [1.165, 1.54) is 0 Å². The Balaban J connectivity index is 0.00000109. The highest BCUT2D eigenvalue weighted by Crippen LogP contribution is 2.19. The van der Waals surface area contributed by atoms with Crippen LogP contribution in [0.25, 0.3) is 11.3 Å². The molecule has 0 bridgehead atoms. The molecule has 2 aromatic heterocycles. The van der Waals surface area contributed by atoms with Gasteiger partial charge in [0.2, 0.25) is 0 Å². The number of carbonyl (C=O) groups is 1. The summed E-state index contributed by atoms with van der Waals surface area (Å²) in [5, 5.41) is 16.7. The second kappa shape index (κ2) is 9.35. The van der Waals surface area contributed by atoms with Crippen molar-refractivity contribution in [2.75, 3.05) is 6.54 Å². The molecule has 3 aromatic rings. The number of rotatable bonds is 6. The fraction of sp³-hybridized carbons (Fsp3) is 0.222. The topological polar surface area (TPSA) is 80.9 Å². The van der Waals surface area contributed by atoms with E-state index in [0.717, 1.165) is 22.0 Å². The van der Waals surface area contributed by atoms with E-state index in [1.54, 1.807) is 17.4 Å². The Morgan fingerprint density at radius 1 is 1.20 bits per heavy atom. The molecule has 1 amide bonds. The molecule has 1 aromatic carbocycles. The van der Waals surface area contributed by atoms with Crippen LogP contribution in [-0.4, -0.2) is 27.8 Å². The predicted octanol–water partition coefficient (Wildman–Crippen LogP) is 2.98. The first-order chi connectivity index (χ1) is 12.3. The number of aryl methyl sites for hydroxylation is 1. The Bertz CT molecular complexity index is 824. The third-order valence-corrected chi connectivity index (χ3v) is 4.36. The van der Waals surface area contributed by atoms with Gasteiger partial charge in [-0.25, -0.2) is 0 Å². The van der Waals surface area contributed by atoms with E-state index in [1.807, 2.05) is 37.3 Å². The third-order valence-electron chi connectivity index (χ3n) is 3.24. The third kappa shape index (κ3) is 4.99. The van der Waals surface area contributed by atoms with Gasteiger partial charge in [-0.05, 0) is 6.42 Å². The highest BCUT2D eigenvalue weighted by molar-refractivity contribution is 7.11. The van der Waals surface area contributed by atoms with Crippen LogP contribution in [0.3, 0.4) is 0 Å². The molecule has 7 heteroatoms. The van der Waals surface area contributed by atoms with E-state index < -0.39 is 0 Å². The fourth-order valence-corrected chi connectivity index (χ4v) is 2.81. The standard InChI is InChI=1S/C16H16N4O2S.C2H2/c1-2-14-18-19-15(23-14)8-9-17-16(21)12-10-13(22-20-12)11-6-4-3-5-7-11;1-2/h3-7,10H,2,8-9H2,1H3,(H,17,21);1-2H. The molecule has 3 rings (SSSR count). The molecule has 1 N–H and O–H groups in total. The second-order valence-corrected chi connectivity index (χ2v) is 6.04. The lowest BCUT2D eigenvalue weighted by Crippen LogP contribution is -2.25. The van der Waals surface area contributed by atoms with Crippen molar-refractivity contribution in [1.29, 1.82) is 0 Å². The van der Waals surface area contributed by atoms with Crippen molar-refractivity contribution in [3.05, 3.63) is 52.1 Å². The fourth-order valence-electron chi connectivity index (χ4n) is 2.03. The summed E-state index contributed by atoms with van der Waals surface area (Å²) >= 11 is 1.57. The van der Waals surface area contributed by atoms with Crippen LogP contribution in [0, 0.1) is 12.8 Å². The van der Waals surface area contributed by atoms with Gasteiger partial charge in [0, 0.05) is 24.6 Å². The summed E-state index contributed by atoms with van der Waals surface area (Å²) in [6.07, 6.45) is 9.54. The molecule has 0 fully saturated rings. The van der Waals surface area contributed by atoms with Crippen molar-refractivity contribution in [3.63, 3.8) is 0 Å². The molecule has 0 spiro atoms. The van der Waals surface area contributed by atoms with Gasteiger partial charge in [-0.2, -0.15) is 0 Å². The lowest BCUT2D eigenvalue weighted by molar-refractivity contribution is 0.0945. The van der Waals surface area contributed by atoms with Gasteiger partial charge in [-0.3, -0.25) is 4.79 Å². The molecule has 0 radical (unpaired) electrons. The number of hydrogen-bond acceptors (Lipinski definition) is 6. The van der Waals surface area contributed by atoms with Crippen LogP contribution in [0.15, 0.2) is 40.9 Å². The minimum Gasteiger partial charge on any atom is -0.355 e. The zero-order valence-electron chi connectivity index (χ0n) is 13.8. The van der Waals surface area contributed by atoms with E-state index in [0.29, 0.717) is 18.7 Å². The Kier molecular flexibility index (Phi) is 6.87. The summed E-state index contributed by atoms with van der Waals surface area (Å²) in [6, 6.07) is 11.2. The molecule has 0 saturated heterocycles. The first-order valence-electron chi connectivity index (χ1n) is 7.71. The van der Waals surface area contributed by atoms with E-state index in [4.69, 9.17) is 4.52 Å². The van der Waals surface area contributed by atoms with Gasteiger partial charge in [-0.1, -0.05) is 42.4 Å². The van der Waals surface area contributed by atoms with E-state index in [-0.39, 0.29) is 11.6 Å². The lowest BCUT2D eigenvalue weighted by Gasteiger charge is -1.99. The van der Waals surface area contributed by atoms with Gasteiger partial charge in [0.1, 0.15) is 10.0 Å². The van der Waals surface area contributed by atoms with Gasteiger partial charge >= 0.3 is 0 Å². The molecule has 0 aliphatic carbocycles. The van der Waals surface area contributed by atoms with Crippen LogP contribution in [0.1, 0.15) is 27.4 Å². The molecular formula is C18H18N4O2S. The van der Waals surface area contributed by atoms with Gasteiger partial charge < -0.3 is 9.84 Å². The average molecular weight is 354 g/mol. The Morgan fingerprint density at radius 3 is 2.60 bits per heavy atom. The monoisotopic (exact) mass is 354 g/mol. The summed E-state index contributed by atoms with van der Waals surface area (Å²) in [4.78, 5) is 12.1.